The normalized spacial score (nSPS) is 16.1. The van der Waals surface area contributed by atoms with Crippen molar-refractivity contribution in [3.8, 4) is 0 Å². The molecule has 30 heavy (non-hydrogen) atoms. The summed E-state index contributed by atoms with van der Waals surface area (Å²) in [5, 5.41) is 0. The molecule has 0 N–H and O–H groups in total. The van der Waals surface area contributed by atoms with Gasteiger partial charge in [0.2, 0.25) is 15.8 Å². The van der Waals surface area contributed by atoms with Crippen molar-refractivity contribution in [2.45, 2.75) is 24.8 Å². The first-order chi connectivity index (χ1) is 14.2. The number of hydrogen-bond acceptors (Lipinski definition) is 6. The van der Waals surface area contributed by atoms with E-state index in [4.69, 9.17) is 9.47 Å². The molecule has 7 nitrogen and oxygen atoms in total. The average molecular weight is 435 g/mol. The van der Waals surface area contributed by atoms with E-state index in [-0.39, 0.29) is 31.9 Å². The first-order valence-corrected chi connectivity index (χ1v) is 10.8. The van der Waals surface area contributed by atoms with Crippen LogP contribution in [0, 0.1) is 12.7 Å². The molecule has 2 aromatic carbocycles. The number of ketones is 1. The Balaban J connectivity index is 1.78. The van der Waals surface area contributed by atoms with Crippen LogP contribution in [0.15, 0.2) is 47.4 Å². The van der Waals surface area contributed by atoms with Gasteiger partial charge in [0.05, 0.1) is 18.8 Å². The van der Waals surface area contributed by atoms with Crippen LogP contribution in [0.3, 0.4) is 0 Å². The van der Waals surface area contributed by atoms with E-state index in [9.17, 15) is 22.4 Å². The molecule has 1 saturated heterocycles. The predicted molar refractivity (Wildman–Crippen MR) is 106 cm³/mol. The SMILES string of the molecule is Cc1ccc(C(=O)[C@@H](C)OC(=O)c2ccc(F)c(S(=O)(=O)N3CCOCC3)c2)cc1. The molecule has 0 bridgehead atoms. The first-order valence-electron chi connectivity index (χ1n) is 9.39. The lowest BCUT2D eigenvalue weighted by molar-refractivity contribution is 0.0318. The Morgan fingerprint density at radius 2 is 1.67 bits per heavy atom. The summed E-state index contributed by atoms with van der Waals surface area (Å²) in [6, 6.07) is 9.76. The lowest BCUT2D eigenvalue weighted by Crippen LogP contribution is -2.41. The van der Waals surface area contributed by atoms with E-state index in [1.165, 1.54) is 6.92 Å². The summed E-state index contributed by atoms with van der Waals surface area (Å²) in [4.78, 5) is 24.3. The van der Waals surface area contributed by atoms with Gasteiger partial charge in [0.15, 0.2) is 6.10 Å². The van der Waals surface area contributed by atoms with Crippen molar-refractivity contribution in [2.24, 2.45) is 0 Å². The van der Waals surface area contributed by atoms with E-state index in [1.807, 2.05) is 6.92 Å². The summed E-state index contributed by atoms with van der Waals surface area (Å²) in [5.74, 6) is -2.28. The number of carbonyl (C=O) groups is 2. The zero-order valence-corrected chi connectivity index (χ0v) is 17.4. The molecule has 1 heterocycles. The Morgan fingerprint density at radius 1 is 1.07 bits per heavy atom. The van der Waals surface area contributed by atoms with Crippen molar-refractivity contribution in [2.75, 3.05) is 26.3 Å². The third-order valence-electron chi connectivity index (χ3n) is 4.74. The molecular weight excluding hydrogens is 413 g/mol. The van der Waals surface area contributed by atoms with Crippen LogP contribution in [0.2, 0.25) is 0 Å². The number of ether oxygens (including phenoxy) is 2. The van der Waals surface area contributed by atoms with Gasteiger partial charge >= 0.3 is 5.97 Å². The molecule has 0 aromatic heterocycles. The van der Waals surface area contributed by atoms with Crippen LogP contribution in [0.25, 0.3) is 0 Å². The van der Waals surface area contributed by atoms with E-state index in [0.29, 0.717) is 5.56 Å². The highest BCUT2D eigenvalue weighted by atomic mass is 32.2. The number of halogens is 1. The van der Waals surface area contributed by atoms with Crippen molar-refractivity contribution < 1.29 is 31.9 Å². The summed E-state index contributed by atoms with van der Waals surface area (Å²) in [5.41, 5.74) is 1.21. The monoisotopic (exact) mass is 435 g/mol. The number of nitrogens with zero attached hydrogens (tertiary/aromatic N) is 1. The van der Waals surface area contributed by atoms with Crippen LogP contribution in [-0.2, 0) is 19.5 Å². The zero-order chi connectivity index (χ0) is 21.9. The summed E-state index contributed by atoms with van der Waals surface area (Å²) in [7, 11) is -4.14. The Morgan fingerprint density at radius 3 is 2.30 bits per heavy atom. The molecule has 0 unspecified atom stereocenters. The number of sulfonamides is 1. The molecule has 0 radical (unpaired) electrons. The van der Waals surface area contributed by atoms with E-state index < -0.39 is 38.6 Å². The zero-order valence-electron chi connectivity index (χ0n) is 16.6. The highest BCUT2D eigenvalue weighted by Gasteiger charge is 2.30. The van der Waals surface area contributed by atoms with Gasteiger partial charge in [-0.3, -0.25) is 4.79 Å². The lowest BCUT2D eigenvalue weighted by Gasteiger charge is -2.26. The van der Waals surface area contributed by atoms with Crippen molar-refractivity contribution in [3.05, 3.63) is 65.0 Å². The fraction of sp³-hybridized carbons (Fsp3) is 0.333. The van der Waals surface area contributed by atoms with Crippen LogP contribution in [-0.4, -0.2) is 56.9 Å². The van der Waals surface area contributed by atoms with Gasteiger partial charge in [-0.25, -0.2) is 17.6 Å². The Labute approximate surface area is 174 Å². The number of aryl methyl sites for hydroxylation is 1. The van der Waals surface area contributed by atoms with Gasteiger partial charge in [0.25, 0.3) is 0 Å². The largest absolute Gasteiger partial charge is 0.451 e. The second-order valence-electron chi connectivity index (χ2n) is 6.94. The molecule has 0 spiro atoms. The molecule has 0 amide bonds. The van der Waals surface area contributed by atoms with Crippen molar-refractivity contribution in [3.63, 3.8) is 0 Å². The highest BCUT2D eigenvalue weighted by molar-refractivity contribution is 7.89. The van der Waals surface area contributed by atoms with Gasteiger partial charge in [-0.05, 0) is 32.0 Å². The number of esters is 1. The molecule has 1 atom stereocenters. The minimum absolute atomic E-state index is 0.0958. The maximum absolute atomic E-state index is 14.3. The van der Waals surface area contributed by atoms with Gasteiger partial charge in [-0.1, -0.05) is 29.8 Å². The second kappa shape index (κ2) is 9.03. The van der Waals surface area contributed by atoms with Gasteiger partial charge in [0.1, 0.15) is 10.7 Å². The summed E-state index contributed by atoms with van der Waals surface area (Å²) in [6.07, 6.45) is -1.09. The number of Topliss-reactive ketones (excluding diaryl/α,β-unsaturated/α-hetero) is 1. The quantitative estimate of drug-likeness (QED) is 0.512. The summed E-state index contributed by atoms with van der Waals surface area (Å²) >= 11 is 0. The van der Waals surface area contributed by atoms with Crippen LogP contribution in [0.4, 0.5) is 4.39 Å². The first kappa shape index (κ1) is 22.1. The fourth-order valence-electron chi connectivity index (χ4n) is 2.99. The van der Waals surface area contributed by atoms with Crippen LogP contribution in [0.5, 0.6) is 0 Å². The standard InChI is InChI=1S/C21H22FNO6S/c1-14-3-5-16(6-4-14)20(24)15(2)29-21(25)17-7-8-18(22)19(13-17)30(26,27)23-9-11-28-12-10-23/h3-8,13,15H,9-12H2,1-2H3/t15-/m1/s1. The summed E-state index contributed by atoms with van der Waals surface area (Å²) < 4.78 is 51.2. The van der Waals surface area contributed by atoms with E-state index in [1.54, 1.807) is 24.3 Å². The van der Waals surface area contributed by atoms with Gasteiger partial charge < -0.3 is 9.47 Å². The minimum Gasteiger partial charge on any atom is -0.451 e. The van der Waals surface area contributed by atoms with Crippen LogP contribution < -0.4 is 0 Å². The van der Waals surface area contributed by atoms with Crippen molar-refractivity contribution >= 4 is 21.8 Å². The Bertz CT molecular complexity index is 1050. The lowest BCUT2D eigenvalue weighted by atomic mass is 10.1. The highest BCUT2D eigenvalue weighted by Crippen LogP contribution is 2.22. The Kier molecular flexibility index (Phi) is 6.64. The maximum atomic E-state index is 14.3. The van der Waals surface area contributed by atoms with Crippen LogP contribution >= 0.6 is 0 Å². The number of rotatable bonds is 6. The van der Waals surface area contributed by atoms with Crippen molar-refractivity contribution in [1.82, 2.24) is 4.31 Å². The second-order valence-corrected chi connectivity index (χ2v) is 8.85. The van der Waals surface area contributed by atoms with E-state index in [0.717, 1.165) is 28.1 Å². The molecule has 160 valence electrons. The number of hydrogen-bond donors (Lipinski definition) is 0. The smallest absolute Gasteiger partial charge is 0.338 e. The number of morpholine rings is 1. The predicted octanol–water partition coefficient (Wildman–Crippen LogP) is 2.58. The topological polar surface area (TPSA) is 90.0 Å². The third-order valence-corrected chi connectivity index (χ3v) is 6.66. The maximum Gasteiger partial charge on any atom is 0.338 e. The van der Waals surface area contributed by atoms with Crippen LogP contribution in [0.1, 0.15) is 33.2 Å². The number of benzene rings is 2. The molecule has 9 heteroatoms. The molecule has 1 aliphatic rings. The van der Waals surface area contributed by atoms with E-state index in [2.05, 4.69) is 0 Å². The fourth-order valence-corrected chi connectivity index (χ4v) is 4.49. The molecule has 1 aliphatic heterocycles. The van der Waals surface area contributed by atoms with Gasteiger partial charge in [-0.15, -0.1) is 0 Å². The summed E-state index contributed by atoms with van der Waals surface area (Å²) in [6.45, 7) is 3.92. The van der Waals surface area contributed by atoms with Gasteiger partial charge in [0, 0.05) is 18.7 Å². The molecule has 0 saturated carbocycles. The third kappa shape index (κ3) is 4.75. The van der Waals surface area contributed by atoms with E-state index >= 15 is 0 Å². The number of carbonyl (C=O) groups excluding carboxylic acids is 2. The van der Waals surface area contributed by atoms with Gasteiger partial charge in [-0.2, -0.15) is 4.31 Å². The molecule has 3 rings (SSSR count). The molecular formula is C21H22FNO6S. The minimum atomic E-state index is -4.14. The van der Waals surface area contributed by atoms with Crippen molar-refractivity contribution in [1.29, 1.82) is 0 Å². The molecule has 2 aromatic rings. The Hall–Kier alpha value is -2.62. The molecule has 0 aliphatic carbocycles. The molecule has 1 fully saturated rings. The average Bonchev–Trinajstić information content (AvgIpc) is 2.74.